The fourth-order valence-corrected chi connectivity index (χ4v) is 2.70. The van der Waals surface area contributed by atoms with Crippen molar-refractivity contribution in [1.29, 1.82) is 0 Å². The number of rotatable bonds is 3. The van der Waals surface area contributed by atoms with E-state index >= 15 is 0 Å². The first-order valence-electron chi connectivity index (χ1n) is 8.06. The van der Waals surface area contributed by atoms with Crippen molar-refractivity contribution in [3.05, 3.63) is 59.4 Å². The molecule has 1 aliphatic rings. The lowest BCUT2D eigenvalue weighted by Gasteiger charge is -2.16. The topological polar surface area (TPSA) is 61.4 Å². The van der Waals surface area contributed by atoms with Crippen molar-refractivity contribution in [1.82, 2.24) is 4.90 Å². The molecule has 0 aliphatic carbocycles. The second-order valence-electron chi connectivity index (χ2n) is 5.88. The molecule has 2 N–H and O–H groups in total. The lowest BCUT2D eigenvalue weighted by molar-refractivity contribution is 0.102. The Hall–Kier alpha value is -3.03. The molecule has 2 aromatic rings. The van der Waals surface area contributed by atoms with Gasteiger partial charge in [0, 0.05) is 24.5 Å². The van der Waals surface area contributed by atoms with E-state index < -0.39 is 28.9 Å². The summed E-state index contributed by atoms with van der Waals surface area (Å²) >= 11 is 0. The van der Waals surface area contributed by atoms with Crippen LogP contribution in [-0.4, -0.2) is 29.9 Å². The van der Waals surface area contributed by atoms with Gasteiger partial charge in [0.05, 0.1) is 5.56 Å². The summed E-state index contributed by atoms with van der Waals surface area (Å²) in [6, 6.07) is 7.56. The van der Waals surface area contributed by atoms with Crippen molar-refractivity contribution < 1.29 is 22.8 Å². The van der Waals surface area contributed by atoms with Gasteiger partial charge in [-0.2, -0.15) is 0 Å². The summed E-state index contributed by atoms with van der Waals surface area (Å²) in [6.45, 7) is 1.38. The number of halogens is 3. The Kier molecular flexibility index (Phi) is 5.11. The van der Waals surface area contributed by atoms with Gasteiger partial charge in [0.2, 0.25) is 0 Å². The van der Waals surface area contributed by atoms with Crippen molar-refractivity contribution in [3.8, 4) is 0 Å². The molecular formula is C18H16F3N3O2. The molecule has 26 heavy (non-hydrogen) atoms. The predicted molar refractivity (Wildman–Crippen MR) is 90.5 cm³/mol. The van der Waals surface area contributed by atoms with Crippen LogP contribution in [0.25, 0.3) is 0 Å². The van der Waals surface area contributed by atoms with E-state index in [1.165, 1.54) is 12.1 Å². The second kappa shape index (κ2) is 7.47. The van der Waals surface area contributed by atoms with Crippen molar-refractivity contribution in [3.63, 3.8) is 0 Å². The maximum atomic E-state index is 13.7. The zero-order chi connectivity index (χ0) is 18.7. The number of urea groups is 1. The first kappa shape index (κ1) is 17.8. The SMILES string of the molecule is O=C(Nc1cccc(NC(=O)N2CCCC2)c1)c1ccc(F)c(F)c1F. The maximum Gasteiger partial charge on any atom is 0.321 e. The van der Waals surface area contributed by atoms with E-state index in [-0.39, 0.29) is 11.7 Å². The van der Waals surface area contributed by atoms with Crippen LogP contribution in [0.1, 0.15) is 23.2 Å². The Morgan fingerprint density at radius 2 is 1.54 bits per heavy atom. The molecule has 3 amide bonds. The van der Waals surface area contributed by atoms with Crippen molar-refractivity contribution in [2.75, 3.05) is 23.7 Å². The van der Waals surface area contributed by atoms with Crippen molar-refractivity contribution in [2.24, 2.45) is 0 Å². The third-order valence-corrected chi connectivity index (χ3v) is 4.04. The quantitative estimate of drug-likeness (QED) is 0.811. The van der Waals surface area contributed by atoms with Crippen LogP contribution in [0.4, 0.5) is 29.3 Å². The van der Waals surface area contributed by atoms with Gasteiger partial charge >= 0.3 is 6.03 Å². The van der Waals surface area contributed by atoms with E-state index in [4.69, 9.17) is 0 Å². The number of carbonyl (C=O) groups excluding carboxylic acids is 2. The van der Waals surface area contributed by atoms with Crippen LogP contribution < -0.4 is 10.6 Å². The van der Waals surface area contributed by atoms with E-state index in [2.05, 4.69) is 10.6 Å². The van der Waals surface area contributed by atoms with Crippen molar-refractivity contribution >= 4 is 23.3 Å². The zero-order valence-corrected chi connectivity index (χ0v) is 13.7. The second-order valence-corrected chi connectivity index (χ2v) is 5.88. The van der Waals surface area contributed by atoms with Gasteiger partial charge in [-0.15, -0.1) is 0 Å². The molecule has 0 atom stereocenters. The molecule has 0 saturated carbocycles. The zero-order valence-electron chi connectivity index (χ0n) is 13.7. The Bertz CT molecular complexity index is 852. The molecule has 0 aromatic heterocycles. The van der Waals surface area contributed by atoms with Gasteiger partial charge in [-0.05, 0) is 43.2 Å². The lowest BCUT2D eigenvalue weighted by atomic mass is 10.1. The van der Waals surface area contributed by atoms with Gasteiger partial charge in [-0.3, -0.25) is 4.79 Å². The number of nitrogens with zero attached hydrogens (tertiary/aromatic N) is 1. The van der Waals surface area contributed by atoms with E-state index in [9.17, 15) is 22.8 Å². The standard InChI is InChI=1S/C18H16F3N3O2/c19-14-7-6-13(15(20)16(14)21)17(25)22-11-4-3-5-12(10-11)23-18(26)24-8-1-2-9-24/h3-7,10H,1-2,8-9H2,(H,22,25)(H,23,26). The molecular weight excluding hydrogens is 347 g/mol. The summed E-state index contributed by atoms with van der Waals surface area (Å²) in [5.41, 5.74) is 0.110. The van der Waals surface area contributed by atoms with Crippen LogP contribution in [-0.2, 0) is 0 Å². The average molecular weight is 363 g/mol. The van der Waals surface area contributed by atoms with Crippen LogP contribution in [0.2, 0.25) is 0 Å². The fourth-order valence-electron chi connectivity index (χ4n) is 2.70. The monoisotopic (exact) mass is 363 g/mol. The van der Waals surface area contributed by atoms with Gasteiger partial charge in [0.15, 0.2) is 17.5 Å². The molecule has 1 fully saturated rings. The van der Waals surface area contributed by atoms with Crippen LogP contribution in [0.15, 0.2) is 36.4 Å². The maximum absolute atomic E-state index is 13.7. The average Bonchev–Trinajstić information content (AvgIpc) is 3.15. The van der Waals surface area contributed by atoms with E-state index in [1.807, 2.05) is 0 Å². The largest absolute Gasteiger partial charge is 0.325 e. The van der Waals surface area contributed by atoms with Crippen LogP contribution >= 0.6 is 0 Å². The Labute approximate surface area is 147 Å². The summed E-state index contributed by atoms with van der Waals surface area (Å²) in [5.74, 6) is -5.56. The summed E-state index contributed by atoms with van der Waals surface area (Å²) in [7, 11) is 0. The number of carbonyl (C=O) groups is 2. The van der Waals surface area contributed by atoms with Crippen molar-refractivity contribution in [2.45, 2.75) is 12.8 Å². The number of likely N-dealkylation sites (tertiary alicyclic amines) is 1. The normalized spacial score (nSPS) is 13.6. The molecule has 8 heteroatoms. The molecule has 2 aromatic carbocycles. The highest BCUT2D eigenvalue weighted by Gasteiger charge is 2.20. The Morgan fingerprint density at radius 3 is 2.23 bits per heavy atom. The van der Waals surface area contributed by atoms with Crippen LogP contribution in [0.5, 0.6) is 0 Å². The molecule has 1 heterocycles. The highest BCUT2D eigenvalue weighted by atomic mass is 19.2. The first-order chi connectivity index (χ1) is 12.5. The summed E-state index contributed by atoms with van der Waals surface area (Å²) in [6.07, 6.45) is 1.92. The van der Waals surface area contributed by atoms with E-state index in [0.717, 1.165) is 18.9 Å². The van der Waals surface area contributed by atoms with Gasteiger partial charge in [0.25, 0.3) is 5.91 Å². The van der Waals surface area contributed by atoms with Gasteiger partial charge < -0.3 is 15.5 Å². The minimum absolute atomic E-state index is 0.238. The Balaban J connectivity index is 1.71. The molecule has 3 rings (SSSR count). The lowest BCUT2D eigenvalue weighted by Crippen LogP contribution is -2.32. The smallest absolute Gasteiger partial charge is 0.321 e. The molecule has 0 bridgehead atoms. The molecule has 0 unspecified atom stereocenters. The molecule has 1 aliphatic heterocycles. The van der Waals surface area contributed by atoms with Crippen LogP contribution in [0.3, 0.4) is 0 Å². The predicted octanol–water partition coefficient (Wildman–Crippen LogP) is 3.98. The van der Waals surface area contributed by atoms with Crippen LogP contribution in [0, 0.1) is 17.5 Å². The molecule has 5 nitrogen and oxygen atoms in total. The number of hydrogen-bond acceptors (Lipinski definition) is 2. The van der Waals surface area contributed by atoms with Gasteiger partial charge in [0.1, 0.15) is 0 Å². The summed E-state index contributed by atoms with van der Waals surface area (Å²) in [4.78, 5) is 25.9. The number of anilines is 2. The number of benzene rings is 2. The Morgan fingerprint density at radius 1 is 0.885 bits per heavy atom. The minimum Gasteiger partial charge on any atom is -0.325 e. The minimum atomic E-state index is -1.70. The van der Waals surface area contributed by atoms with E-state index in [1.54, 1.807) is 17.0 Å². The molecule has 136 valence electrons. The number of amides is 3. The summed E-state index contributed by atoms with van der Waals surface area (Å²) < 4.78 is 39.9. The number of nitrogens with one attached hydrogen (secondary N) is 2. The molecule has 1 saturated heterocycles. The first-order valence-corrected chi connectivity index (χ1v) is 8.06. The summed E-state index contributed by atoms with van der Waals surface area (Å²) in [5, 5.41) is 5.11. The molecule has 0 spiro atoms. The highest BCUT2D eigenvalue weighted by Crippen LogP contribution is 2.20. The third-order valence-electron chi connectivity index (χ3n) is 4.04. The fraction of sp³-hybridized carbons (Fsp3) is 0.222. The molecule has 0 radical (unpaired) electrons. The van der Waals surface area contributed by atoms with Gasteiger partial charge in [-0.25, -0.2) is 18.0 Å². The number of hydrogen-bond donors (Lipinski definition) is 2. The van der Waals surface area contributed by atoms with Gasteiger partial charge in [-0.1, -0.05) is 6.07 Å². The van der Waals surface area contributed by atoms with E-state index in [0.29, 0.717) is 24.8 Å². The highest BCUT2D eigenvalue weighted by molar-refractivity contribution is 6.04. The third kappa shape index (κ3) is 3.79.